The van der Waals surface area contributed by atoms with E-state index < -0.39 is 10.0 Å². The summed E-state index contributed by atoms with van der Waals surface area (Å²) < 4.78 is 26.0. The van der Waals surface area contributed by atoms with E-state index in [1.54, 1.807) is 6.20 Å². The third-order valence-electron chi connectivity index (χ3n) is 2.90. The van der Waals surface area contributed by atoms with E-state index in [4.69, 9.17) is 11.6 Å². The van der Waals surface area contributed by atoms with Crippen molar-refractivity contribution in [3.63, 3.8) is 0 Å². The van der Waals surface area contributed by atoms with Gasteiger partial charge in [0.1, 0.15) is 0 Å². The molecule has 2 aromatic rings. The first-order chi connectivity index (χ1) is 9.55. The fourth-order valence-electron chi connectivity index (χ4n) is 1.71. The van der Waals surface area contributed by atoms with E-state index in [2.05, 4.69) is 15.2 Å². The lowest BCUT2D eigenvalue weighted by atomic mass is 10.3. The van der Waals surface area contributed by atoms with Gasteiger partial charge in [0.25, 0.3) is 10.0 Å². The van der Waals surface area contributed by atoms with E-state index in [0.717, 1.165) is 5.69 Å². The molecule has 0 aromatic carbocycles. The number of rotatable bonds is 6. The Morgan fingerprint density at radius 3 is 2.85 bits per heavy atom. The average Bonchev–Trinajstić information content (AvgIpc) is 2.95. The highest BCUT2D eigenvalue weighted by atomic mass is 35.5. The summed E-state index contributed by atoms with van der Waals surface area (Å²) in [5, 5.41) is 6.28. The Morgan fingerprint density at radius 1 is 1.40 bits per heavy atom. The van der Waals surface area contributed by atoms with Gasteiger partial charge < -0.3 is 0 Å². The van der Waals surface area contributed by atoms with Gasteiger partial charge in [-0.05, 0) is 12.1 Å². The zero-order valence-corrected chi connectivity index (χ0v) is 12.5. The molecule has 0 saturated carbocycles. The summed E-state index contributed by atoms with van der Waals surface area (Å²) in [7, 11) is -2.08. The van der Waals surface area contributed by atoms with Gasteiger partial charge in [-0.1, -0.05) is 6.07 Å². The number of pyridine rings is 1. The Morgan fingerprint density at radius 2 is 2.20 bits per heavy atom. The topological polar surface area (TPSA) is 79.0 Å². The molecule has 1 N–H and O–H groups in total. The molecule has 108 valence electrons. The monoisotopic (exact) mass is 314 g/mol. The molecule has 0 spiro atoms. The van der Waals surface area contributed by atoms with Crippen molar-refractivity contribution in [2.24, 2.45) is 0 Å². The van der Waals surface area contributed by atoms with Gasteiger partial charge in [0.05, 0.1) is 12.1 Å². The van der Waals surface area contributed by atoms with Crippen LogP contribution in [0.4, 0.5) is 0 Å². The van der Waals surface area contributed by atoms with E-state index in [1.165, 1.54) is 17.5 Å². The second-order valence-electron chi connectivity index (χ2n) is 4.26. The quantitative estimate of drug-likeness (QED) is 0.818. The highest BCUT2D eigenvalue weighted by Gasteiger charge is 2.25. The third kappa shape index (κ3) is 3.17. The van der Waals surface area contributed by atoms with Crippen LogP contribution in [0.2, 0.25) is 0 Å². The van der Waals surface area contributed by atoms with Crippen molar-refractivity contribution in [1.29, 1.82) is 0 Å². The number of likely N-dealkylation sites (N-methyl/N-ethyl adjacent to an activating group) is 1. The first-order valence-electron chi connectivity index (χ1n) is 6.00. The molecule has 8 heteroatoms. The fraction of sp³-hybridized carbons (Fsp3) is 0.333. The number of H-pyrrole nitrogens is 1. The molecule has 0 atom stereocenters. The van der Waals surface area contributed by atoms with Gasteiger partial charge in [-0.3, -0.25) is 10.1 Å². The SMILES string of the molecule is CN(CCc1ccccn1)S(=O)(=O)c1[nH]ncc1CCl. The summed E-state index contributed by atoms with van der Waals surface area (Å²) >= 11 is 5.70. The van der Waals surface area contributed by atoms with Crippen LogP contribution < -0.4 is 0 Å². The van der Waals surface area contributed by atoms with Gasteiger partial charge in [0.15, 0.2) is 5.03 Å². The summed E-state index contributed by atoms with van der Waals surface area (Å²) in [5.74, 6) is 0.0964. The van der Waals surface area contributed by atoms with Crippen LogP contribution in [0.1, 0.15) is 11.3 Å². The Hall–Kier alpha value is -1.44. The van der Waals surface area contributed by atoms with Gasteiger partial charge in [-0.15, -0.1) is 11.6 Å². The van der Waals surface area contributed by atoms with Crippen molar-refractivity contribution in [1.82, 2.24) is 19.5 Å². The zero-order chi connectivity index (χ0) is 14.6. The second-order valence-corrected chi connectivity index (χ2v) is 6.50. The molecule has 2 rings (SSSR count). The molecule has 20 heavy (non-hydrogen) atoms. The van der Waals surface area contributed by atoms with Crippen LogP contribution in [0.5, 0.6) is 0 Å². The van der Waals surface area contributed by atoms with Crippen molar-refractivity contribution in [2.45, 2.75) is 17.3 Å². The van der Waals surface area contributed by atoms with Crippen LogP contribution in [-0.2, 0) is 22.3 Å². The molecule has 0 bridgehead atoms. The first kappa shape index (κ1) is 15.0. The number of nitrogens with one attached hydrogen (secondary N) is 1. The highest BCUT2D eigenvalue weighted by Crippen LogP contribution is 2.18. The van der Waals surface area contributed by atoms with Crippen LogP contribution in [0.25, 0.3) is 0 Å². The van der Waals surface area contributed by atoms with Gasteiger partial charge in [-0.2, -0.15) is 9.40 Å². The van der Waals surface area contributed by atoms with E-state index in [9.17, 15) is 8.42 Å². The maximum absolute atomic E-state index is 12.4. The standard InChI is InChI=1S/C12H15ClN4O2S/c1-17(7-5-11-4-2-3-6-14-11)20(18,19)12-10(8-13)9-15-16-12/h2-4,6,9H,5,7-8H2,1H3,(H,15,16). The number of aromatic nitrogens is 3. The molecule has 0 amide bonds. The minimum Gasteiger partial charge on any atom is -0.266 e. The summed E-state index contributed by atoms with van der Waals surface area (Å²) in [6.45, 7) is 0.333. The van der Waals surface area contributed by atoms with Crippen LogP contribution in [0, 0.1) is 0 Å². The first-order valence-corrected chi connectivity index (χ1v) is 7.97. The van der Waals surface area contributed by atoms with Crippen molar-refractivity contribution in [3.8, 4) is 0 Å². The summed E-state index contributed by atoms with van der Waals surface area (Å²) in [4.78, 5) is 4.17. The van der Waals surface area contributed by atoms with Crippen molar-refractivity contribution >= 4 is 21.6 Å². The number of hydrogen-bond acceptors (Lipinski definition) is 4. The number of halogens is 1. The van der Waals surface area contributed by atoms with Gasteiger partial charge in [-0.25, -0.2) is 8.42 Å². The number of aromatic amines is 1. The lowest BCUT2D eigenvalue weighted by Gasteiger charge is -2.16. The zero-order valence-electron chi connectivity index (χ0n) is 11.0. The molecule has 2 heterocycles. The Labute approximate surface area is 122 Å². The van der Waals surface area contributed by atoms with Crippen LogP contribution in [-0.4, -0.2) is 41.5 Å². The summed E-state index contributed by atoms with van der Waals surface area (Å²) in [6, 6.07) is 5.56. The number of sulfonamides is 1. The van der Waals surface area contributed by atoms with Crippen LogP contribution in [0.3, 0.4) is 0 Å². The average molecular weight is 315 g/mol. The maximum Gasteiger partial charge on any atom is 0.260 e. The molecular weight excluding hydrogens is 300 g/mol. The Balaban J connectivity index is 2.10. The molecule has 0 saturated heterocycles. The number of hydrogen-bond donors (Lipinski definition) is 1. The molecule has 0 aliphatic rings. The molecule has 0 radical (unpaired) electrons. The van der Waals surface area contributed by atoms with Gasteiger partial charge in [0, 0.05) is 37.5 Å². The van der Waals surface area contributed by atoms with Gasteiger partial charge >= 0.3 is 0 Å². The van der Waals surface area contributed by atoms with Crippen LogP contribution >= 0.6 is 11.6 Å². The summed E-state index contributed by atoms with van der Waals surface area (Å²) in [6.07, 6.45) is 3.65. The van der Waals surface area contributed by atoms with Crippen molar-refractivity contribution in [3.05, 3.63) is 41.9 Å². The fourth-order valence-corrected chi connectivity index (χ4v) is 3.26. The van der Waals surface area contributed by atoms with E-state index in [-0.39, 0.29) is 10.9 Å². The predicted octanol–water partition coefficient (Wildman–Crippen LogP) is 1.41. The molecule has 0 fully saturated rings. The highest BCUT2D eigenvalue weighted by molar-refractivity contribution is 7.89. The number of alkyl halides is 1. The lowest BCUT2D eigenvalue weighted by Crippen LogP contribution is -2.30. The van der Waals surface area contributed by atoms with E-state index in [0.29, 0.717) is 18.5 Å². The van der Waals surface area contributed by atoms with Crippen molar-refractivity contribution < 1.29 is 8.42 Å². The minimum atomic E-state index is -3.61. The molecule has 6 nitrogen and oxygen atoms in total. The molecule has 0 aliphatic heterocycles. The van der Waals surface area contributed by atoms with Crippen molar-refractivity contribution in [2.75, 3.05) is 13.6 Å². The Kier molecular flexibility index (Phi) is 4.74. The van der Waals surface area contributed by atoms with E-state index in [1.807, 2.05) is 18.2 Å². The Bertz CT molecular complexity index is 657. The largest absolute Gasteiger partial charge is 0.266 e. The third-order valence-corrected chi connectivity index (χ3v) is 5.06. The minimum absolute atomic E-state index is 0.0519. The van der Waals surface area contributed by atoms with E-state index >= 15 is 0 Å². The molecular formula is C12H15ClN4O2S. The normalized spacial score (nSPS) is 11.9. The maximum atomic E-state index is 12.4. The predicted molar refractivity (Wildman–Crippen MR) is 75.9 cm³/mol. The molecule has 2 aromatic heterocycles. The lowest BCUT2D eigenvalue weighted by molar-refractivity contribution is 0.467. The molecule has 0 unspecified atom stereocenters. The summed E-state index contributed by atoms with van der Waals surface area (Å²) in [5.41, 5.74) is 1.31. The van der Waals surface area contributed by atoms with Gasteiger partial charge in [0.2, 0.25) is 0 Å². The smallest absolute Gasteiger partial charge is 0.260 e. The second kappa shape index (κ2) is 6.34. The van der Waals surface area contributed by atoms with Crippen LogP contribution in [0.15, 0.2) is 35.6 Å². The number of nitrogens with zero attached hydrogens (tertiary/aromatic N) is 3. The molecule has 0 aliphatic carbocycles.